The number of amides is 1. The zero-order chi connectivity index (χ0) is 15.6. The maximum Gasteiger partial charge on any atom is 0.250 e. The molecule has 0 spiro atoms. The van der Waals surface area contributed by atoms with Gasteiger partial charge in [-0.05, 0) is 43.2 Å². The van der Waals surface area contributed by atoms with Gasteiger partial charge in [0.25, 0.3) is 5.91 Å². The molecule has 1 amide bonds. The van der Waals surface area contributed by atoms with Crippen LogP contribution < -0.4 is 16.4 Å². The van der Waals surface area contributed by atoms with E-state index in [9.17, 15) is 9.18 Å². The molecule has 4 nitrogen and oxygen atoms in total. The van der Waals surface area contributed by atoms with Crippen molar-refractivity contribution < 1.29 is 9.18 Å². The van der Waals surface area contributed by atoms with Gasteiger partial charge >= 0.3 is 0 Å². The molecule has 1 unspecified atom stereocenters. The van der Waals surface area contributed by atoms with Gasteiger partial charge < -0.3 is 16.4 Å². The Morgan fingerprint density at radius 3 is 2.67 bits per heavy atom. The molecule has 1 aliphatic rings. The Bertz CT molecular complexity index is 530. The molecule has 0 saturated carbocycles. The van der Waals surface area contributed by atoms with Crippen LogP contribution in [0.2, 0.25) is 0 Å². The van der Waals surface area contributed by atoms with Gasteiger partial charge in [0.1, 0.15) is 5.82 Å². The van der Waals surface area contributed by atoms with Crippen LogP contribution in [-0.4, -0.2) is 19.0 Å². The van der Waals surface area contributed by atoms with Crippen molar-refractivity contribution in [2.24, 2.45) is 17.6 Å². The Hall–Kier alpha value is -1.78. The molecule has 1 atom stereocenters. The smallest absolute Gasteiger partial charge is 0.250 e. The van der Waals surface area contributed by atoms with Crippen LogP contribution in [0.5, 0.6) is 0 Å². The molecule has 116 valence electrons. The van der Waals surface area contributed by atoms with Crippen molar-refractivity contribution in [1.82, 2.24) is 0 Å². The first-order chi connectivity index (χ1) is 9.90. The highest BCUT2D eigenvalue weighted by molar-refractivity contribution is 5.99. The molecule has 1 heterocycles. The molecule has 0 aliphatic carbocycles. The van der Waals surface area contributed by atoms with E-state index in [2.05, 4.69) is 13.8 Å². The van der Waals surface area contributed by atoms with E-state index < -0.39 is 5.91 Å². The molecule has 1 aliphatic heterocycles. The Kier molecular flexibility index (Phi) is 4.70. The molecule has 1 fully saturated rings. The minimum Gasteiger partial charge on any atom is -0.398 e. The molecule has 5 heteroatoms. The number of nitrogens with two attached hydrogens (primary N) is 2. The summed E-state index contributed by atoms with van der Waals surface area (Å²) in [5.41, 5.74) is 11.7. The molecule has 0 radical (unpaired) electrons. The van der Waals surface area contributed by atoms with Crippen molar-refractivity contribution in [2.75, 3.05) is 23.7 Å². The number of hydrogen-bond acceptors (Lipinski definition) is 3. The van der Waals surface area contributed by atoms with Crippen molar-refractivity contribution in [3.05, 3.63) is 23.5 Å². The Balaban J connectivity index is 2.25. The summed E-state index contributed by atoms with van der Waals surface area (Å²) >= 11 is 0. The fourth-order valence-electron chi connectivity index (χ4n) is 3.06. The number of hydrogen-bond donors (Lipinski definition) is 2. The normalized spacial score (nSPS) is 19.6. The van der Waals surface area contributed by atoms with Gasteiger partial charge in [-0.1, -0.05) is 13.8 Å². The summed E-state index contributed by atoms with van der Waals surface area (Å²) in [6, 6.07) is 2.68. The van der Waals surface area contributed by atoms with Crippen LogP contribution in [-0.2, 0) is 0 Å². The van der Waals surface area contributed by atoms with Crippen LogP contribution in [0.4, 0.5) is 15.8 Å². The van der Waals surface area contributed by atoms with Crippen LogP contribution in [0.25, 0.3) is 0 Å². The SMILES string of the molecule is CC(C)C1CCCN(c2cc(C(N)=O)c(N)cc2F)CC1. The summed E-state index contributed by atoms with van der Waals surface area (Å²) in [5, 5.41) is 0. The van der Waals surface area contributed by atoms with Gasteiger partial charge in [0, 0.05) is 18.8 Å². The fraction of sp³-hybridized carbons (Fsp3) is 0.562. The Morgan fingerprint density at radius 2 is 2.05 bits per heavy atom. The van der Waals surface area contributed by atoms with Gasteiger partial charge in [-0.25, -0.2) is 4.39 Å². The van der Waals surface area contributed by atoms with Gasteiger partial charge in [-0.2, -0.15) is 0 Å². The summed E-state index contributed by atoms with van der Waals surface area (Å²) in [6.07, 6.45) is 3.22. The monoisotopic (exact) mass is 293 g/mol. The van der Waals surface area contributed by atoms with E-state index in [4.69, 9.17) is 11.5 Å². The molecular formula is C16H24FN3O. The lowest BCUT2D eigenvalue weighted by atomic mass is 9.89. The second kappa shape index (κ2) is 6.33. The lowest BCUT2D eigenvalue weighted by Crippen LogP contribution is -2.26. The molecule has 4 N–H and O–H groups in total. The summed E-state index contributed by atoms with van der Waals surface area (Å²) in [5.74, 6) is 0.300. The Labute approximate surface area is 125 Å². The number of primary amides is 1. The molecule has 1 aromatic carbocycles. The zero-order valence-corrected chi connectivity index (χ0v) is 12.7. The molecule has 2 rings (SSSR count). The fourth-order valence-corrected chi connectivity index (χ4v) is 3.06. The van der Waals surface area contributed by atoms with Gasteiger partial charge in [0.15, 0.2) is 0 Å². The quantitative estimate of drug-likeness (QED) is 0.842. The van der Waals surface area contributed by atoms with Crippen molar-refractivity contribution in [1.29, 1.82) is 0 Å². The maximum atomic E-state index is 14.2. The highest BCUT2D eigenvalue weighted by Gasteiger charge is 2.22. The van der Waals surface area contributed by atoms with E-state index in [0.717, 1.165) is 32.4 Å². The molecule has 21 heavy (non-hydrogen) atoms. The number of rotatable bonds is 3. The highest BCUT2D eigenvalue weighted by Crippen LogP contribution is 2.30. The summed E-state index contributed by atoms with van der Waals surface area (Å²) in [4.78, 5) is 13.4. The predicted octanol–water partition coefficient (Wildman–Crippen LogP) is 2.77. The molecule has 1 aromatic rings. The number of benzene rings is 1. The minimum atomic E-state index is -0.622. The summed E-state index contributed by atoms with van der Waals surface area (Å²) < 4.78 is 14.2. The van der Waals surface area contributed by atoms with Crippen LogP contribution >= 0.6 is 0 Å². The number of carbonyl (C=O) groups excluding carboxylic acids is 1. The van der Waals surface area contributed by atoms with E-state index in [0.29, 0.717) is 17.5 Å². The number of anilines is 2. The number of carbonyl (C=O) groups is 1. The minimum absolute atomic E-state index is 0.0960. The number of nitrogens with zero attached hydrogens (tertiary/aromatic N) is 1. The summed E-state index contributed by atoms with van der Waals surface area (Å²) in [7, 11) is 0. The van der Waals surface area contributed by atoms with Crippen molar-refractivity contribution in [2.45, 2.75) is 33.1 Å². The molecular weight excluding hydrogens is 269 g/mol. The highest BCUT2D eigenvalue weighted by atomic mass is 19.1. The first kappa shape index (κ1) is 15.6. The first-order valence-electron chi connectivity index (χ1n) is 7.54. The third-order valence-electron chi connectivity index (χ3n) is 4.44. The lowest BCUT2D eigenvalue weighted by Gasteiger charge is -2.24. The van der Waals surface area contributed by atoms with Gasteiger partial charge in [-0.15, -0.1) is 0 Å². The summed E-state index contributed by atoms with van der Waals surface area (Å²) in [6.45, 7) is 6.05. The number of nitrogen functional groups attached to an aromatic ring is 1. The van der Waals surface area contributed by atoms with Gasteiger partial charge in [-0.3, -0.25) is 4.79 Å². The van der Waals surface area contributed by atoms with Crippen LogP contribution in [0.1, 0.15) is 43.5 Å². The van der Waals surface area contributed by atoms with E-state index in [1.54, 1.807) is 0 Å². The van der Waals surface area contributed by atoms with Crippen molar-refractivity contribution in [3.63, 3.8) is 0 Å². The van der Waals surface area contributed by atoms with Crippen LogP contribution in [0.3, 0.4) is 0 Å². The van der Waals surface area contributed by atoms with Crippen molar-refractivity contribution in [3.8, 4) is 0 Å². The van der Waals surface area contributed by atoms with Gasteiger partial charge in [0.2, 0.25) is 0 Å². The van der Waals surface area contributed by atoms with E-state index in [1.807, 2.05) is 4.90 Å². The van der Waals surface area contributed by atoms with E-state index in [-0.39, 0.29) is 17.1 Å². The first-order valence-corrected chi connectivity index (χ1v) is 7.54. The van der Waals surface area contributed by atoms with Crippen LogP contribution in [0.15, 0.2) is 12.1 Å². The van der Waals surface area contributed by atoms with Crippen molar-refractivity contribution >= 4 is 17.3 Å². The average molecular weight is 293 g/mol. The average Bonchev–Trinajstić information content (AvgIpc) is 2.64. The topological polar surface area (TPSA) is 72.3 Å². The molecule has 0 bridgehead atoms. The van der Waals surface area contributed by atoms with Crippen LogP contribution in [0, 0.1) is 17.7 Å². The molecule has 0 aromatic heterocycles. The Morgan fingerprint density at radius 1 is 1.33 bits per heavy atom. The second-order valence-corrected chi connectivity index (χ2v) is 6.18. The predicted molar refractivity (Wildman–Crippen MR) is 83.7 cm³/mol. The zero-order valence-electron chi connectivity index (χ0n) is 12.7. The molecule has 1 saturated heterocycles. The van der Waals surface area contributed by atoms with Gasteiger partial charge in [0.05, 0.1) is 11.3 Å². The lowest BCUT2D eigenvalue weighted by molar-refractivity contribution is 0.100. The third-order valence-corrected chi connectivity index (χ3v) is 4.44. The third kappa shape index (κ3) is 3.46. The van der Waals surface area contributed by atoms with E-state index in [1.165, 1.54) is 12.1 Å². The standard InChI is InChI=1S/C16H24FN3O/c1-10(2)11-4-3-6-20(7-5-11)15-8-12(16(19)21)14(18)9-13(15)17/h8-11H,3-7,18H2,1-2H3,(H2,19,21). The second-order valence-electron chi connectivity index (χ2n) is 6.18. The van der Waals surface area contributed by atoms with E-state index >= 15 is 0 Å². The maximum absolute atomic E-state index is 14.2. The largest absolute Gasteiger partial charge is 0.398 e. The number of halogens is 1.